The molecule has 2 saturated heterocycles. The van der Waals surface area contributed by atoms with Gasteiger partial charge in [-0.2, -0.15) is 0 Å². The Labute approximate surface area is 150 Å². The quantitative estimate of drug-likeness (QED) is 0.795. The third-order valence-electron chi connectivity index (χ3n) is 5.53. The zero-order chi connectivity index (χ0) is 19.4. The van der Waals surface area contributed by atoms with Crippen LogP contribution in [0, 0.1) is 11.8 Å². The van der Waals surface area contributed by atoms with Gasteiger partial charge in [0.25, 0.3) is 0 Å². The molecule has 0 aliphatic carbocycles. The molecule has 0 aromatic heterocycles. The Morgan fingerprint density at radius 3 is 2.19 bits per heavy atom. The molecular weight excluding hydrogens is 340 g/mol. The van der Waals surface area contributed by atoms with E-state index in [9.17, 15) is 24.3 Å². The number of carboxylic acid groups (broad SMARTS) is 1. The number of carbonyl (C=O) groups is 4. The van der Waals surface area contributed by atoms with E-state index in [0.717, 1.165) is 9.80 Å². The molecular formula is C18H20N2O6. The molecule has 3 amide bonds. The monoisotopic (exact) mass is 360 g/mol. The van der Waals surface area contributed by atoms with E-state index < -0.39 is 47.1 Å². The summed E-state index contributed by atoms with van der Waals surface area (Å²) in [6, 6.07) is 5.86. The maximum atomic E-state index is 12.7. The van der Waals surface area contributed by atoms with Gasteiger partial charge in [0, 0.05) is 14.0 Å². The molecule has 0 bridgehead atoms. The van der Waals surface area contributed by atoms with Crippen LogP contribution in [0.1, 0.15) is 25.5 Å². The molecule has 0 radical (unpaired) electrons. The van der Waals surface area contributed by atoms with Gasteiger partial charge in [0.05, 0.1) is 25.0 Å². The Morgan fingerprint density at radius 1 is 1.15 bits per heavy atom. The highest BCUT2D eigenvalue weighted by molar-refractivity contribution is 6.10. The largest absolute Gasteiger partial charge is 0.497 e. The summed E-state index contributed by atoms with van der Waals surface area (Å²) in [5.74, 6) is -4.35. The highest BCUT2D eigenvalue weighted by Gasteiger charge is 2.70. The molecule has 2 fully saturated rings. The molecule has 0 spiro atoms. The van der Waals surface area contributed by atoms with Crippen LogP contribution in [0.15, 0.2) is 24.3 Å². The van der Waals surface area contributed by atoms with Gasteiger partial charge in [-0.3, -0.25) is 19.3 Å². The number of aliphatic carboxylic acids is 1. The number of fused-ring (bicyclic) bond motifs is 1. The SMILES string of the molecule is COc1ccc([C@H]2[C@H]3C(=O)N(C)C(=O)[C@H]3[C@@](C)(C(=O)O)N2C(C)=O)cc1. The van der Waals surface area contributed by atoms with Crippen molar-refractivity contribution >= 4 is 23.7 Å². The zero-order valence-corrected chi connectivity index (χ0v) is 14.9. The number of carboxylic acids is 1. The molecule has 3 rings (SSSR count). The number of likely N-dealkylation sites (tertiary alicyclic amines) is 2. The topological polar surface area (TPSA) is 104 Å². The van der Waals surface area contributed by atoms with Gasteiger partial charge < -0.3 is 14.7 Å². The molecule has 1 aromatic carbocycles. The number of carbonyl (C=O) groups excluding carboxylic acids is 3. The third-order valence-corrected chi connectivity index (χ3v) is 5.53. The van der Waals surface area contributed by atoms with Crippen molar-refractivity contribution in [3.05, 3.63) is 29.8 Å². The molecule has 0 saturated carbocycles. The number of ether oxygens (including phenoxy) is 1. The van der Waals surface area contributed by atoms with Gasteiger partial charge >= 0.3 is 5.97 Å². The molecule has 8 nitrogen and oxygen atoms in total. The Morgan fingerprint density at radius 2 is 1.73 bits per heavy atom. The second-order valence-electron chi connectivity index (χ2n) is 6.80. The van der Waals surface area contributed by atoms with E-state index in [1.165, 1.54) is 28.0 Å². The Kier molecular flexibility index (Phi) is 4.01. The van der Waals surface area contributed by atoms with Gasteiger partial charge in [0.15, 0.2) is 5.54 Å². The van der Waals surface area contributed by atoms with Crippen molar-refractivity contribution in [1.82, 2.24) is 9.80 Å². The Bertz CT molecular complexity index is 804. The van der Waals surface area contributed by atoms with Gasteiger partial charge in [0.1, 0.15) is 5.75 Å². The highest BCUT2D eigenvalue weighted by Crippen LogP contribution is 2.54. The summed E-state index contributed by atoms with van der Waals surface area (Å²) in [7, 11) is 2.85. The van der Waals surface area contributed by atoms with Crippen molar-refractivity contribution in [2.75, 3.05) is 14.2 Å². The Balaban J connectivity index is 2.22. The predicted molar refractivity (Wildman–Crippen MR) is 89.1 cm³/mol. The predicted octanol–water partition coefficient (Wildman–Crippen LogP) is 0.673. The standard InChI is InChI=1S/C18H20N2O6/c1-9(21)20-14(10-5-7-11(26-4)8-6-10)12-13(18(20,2)17(24)25)16(23)19(3)15(12)22/h5-8,12-14H,1-4H3,(H,24,25)/t12-,13-,14-,18-/m0/s1. The molecule has 1 aromatic rings. The van der Waals surface area contributed by atoms with Gasteiger partial charge in [-0.25, -0.2) is 4.79 Å². The fourth-order valence-corrected chi connectivity index (χ4v) is 4.26. The lowest BCUT2D eigenvalue weighted by Crippen LogP contribution is -2.56. The number of imide groups is 1. The molecule has 138 valence electrons. The second-order valence-corrected chi connectivity index (χ2v) is 6.80. The molecule has 4 atom stereocenters. The van der Waals surface area contributed by atoms with E-state index in [2.05, 4.69) is 0 Å². The van der Waals surface area contributed by atoms with E-state index in [-0.39, 0.29) is 0 Å². The summed E-state index contributed by atoms with van der Waals surface area (Å²) in [4.78, 5) is 52.0. The van der Waals surface area contributed by atoms with Gasteiger partial charge in [-0.1, -0.05) is 12.1 Å². The van der Waals surface area contributed by atoms with Crippen LogP contribution in [0.5, 0.6) is 5.75 Å². The minimum Gasteiger partial charge on any atom is -0.497 e. The van der Waals surface area contributed by atoms with Gasteiger partial charge in [-0.15, -0.1) is 0 Å². The first-order chi connectivity index (χ1) is 12.2. The maximum absolute atomic E-state index is 12.7. The van der Waals surface area contributed by atoms with Gasteiger partial charge in [0.2, 0.25) is 17.7 Å². The van der Waals surface area contributed by atoms with Crippen molar-refractivity contribution in [2.45, 2.75) is 25.4 Å². The molecule has 2 heterocycles. The summed E-state index contributed by atoms with van der Waals surface area (Å²) in [6.45, 7) is 2.58. The first-order valence-electron chi connectivity index (χ1n) is 8.15. The van der Waals surface area contributed by atoms with E-state index in [1.807, 2.05) is 0 Å². The van der Waals surface area contributed by atoms with Crippen molar-refractivity contribution in [2.24, 2.45) is 11.8 Å². The number of rotatable bonds is 3. The maximum Gasteiger partial charge on any atom is 0.330 e. The minimum absolute atomic E-state index is 0.475. The van der Waals surface area contributed by atoms with Crippen molar-refractivity contribution in [3.63, 3.8) is 0 Å². The average Bonchev–Trinajstić information content (AvgIpc) is 3.01. The molecule has 1 N–H and O–H groups in total. The number of amides is 3. The van der Waals surface area contributed by atoms with Crippen molar-refractivity contribution in [3.8, 4) is 5.75 Å². The van der Waals surface area contributed by atoms with Crippen molar-refractivity contribution in [1.29, 1.82) is 0 Å². The summed E-state index contributed by atoms with van der Waals surface area (Å²) >= 11 is 0. The Hall–Kier alpha value is -2.90. The number of nitrogens with zero attached hydrogens (tertiary/aromatic N) is 2. The van der Waals surface area contributed by atoms with Crippen LogP contribution in [0.3, 0.4) is 0 Å². The number of methoxy groups -OCH3 is 1. The first kappa shape index (κ1) is 17.9. The smallest absolute Gasteiger partial charge is 0.330 e. The molecule has 26 heavy (non-hydrogen) atoms. The zero-order valence-electron chi connectivity index (χ0n) is 14.9. The first-order valence-corrected chi connectivity index (χ1v) is 8.15. The van der Waals surface area contributed by atoms with Crippen LogP contribution in [-0.2, 0) is 19.2 Å². The minimum atomic E-state index is -1.81. The van der Waals surface area contributed by atoms with Crippen LogP contribution in [-0.4, -0.2) is 58.3 Å². The summed E-state index contributed by atoms with van der Waals surface area (Å²) in [5, 5.41) is 9.88. The van der Waals surface area contributed by atoms with Crippen LogP contribution < -0.4 is 4.74 Å². The molecule has 0 unspecified atom stereocenters. The number of hydrogen-bond acceptors (Lipinski definition) is 5. The van der Waals surface area contributed by atoms with Crippen LogP contribution in [0.4, 0.5) is 0 Å². The third kappa shape index (κ3) is 2.14. The average molecular weight is 360 g/mol. The molecule has 2 aliphatic rings. The lowest BCUT2D eigenvalue weighted by molar-refractivity contribution is -0.162. The molecule has 8 heteroatoms. The van der Waals surface area contributed by atoms with E-state index in [1.54, 1.807) is 24.3 Å². The van der Waals surface area contributed by atoms with Crippen LogP contribution >= 0.6 is 0 Å². The number of benzene rings is 1. The van der Waals surface area contributed by atoms with Gasteiger partial charge in [-0.05, 0) is 24.6 Å². The van der Waals surface area contributed by atoms with Crippen molar-refractivity contribution < 1.29 is 29.0 Å². The normalized spacial score (nSPS) is 30.5. The number of hydrogen-bond donors (Lipinski definition) is 1. The second kappa shape index (κ2) is 5.82. The lowest BCUT2D eigenvalue weighted by Gasteiger charge is -2.37. The summed E-state index contributed by atoms with van der Waals surface area (Å²) in [5.41, 5.74) is -1.23. The van der Waals surface area contributed by atoms with E-state index in [4.69, 9.17) is 4.74 Å². The molecule has 2 aliphatic heterocycles. The summed E-state index contributed by atoms with van der Waals surface area (Å²) in [6.07, 6.45) is 0. The fraction of sp³-hybridized carbons (Fsp3) is 0.444. The fourth-order valence-electron chi connectivity index (χ4n) is 4.26. The lowest BCUT2D eigenvalue weighted by atomic mass is 9.80. The highest BCUT2D eigenvalue weighted by atomic mass is 16.5. The summed E-state index contributed by atoms with van der Waals surface area (Å²) < 4.78 is 5.12. The van der Waals surface area contributed by atoms with Crippen LogP contribution in [0.2, 0.25) is 0 Å². The van der Waals surface area contributed by atoms with E-state index >= 15 is 0 Å². The van der Waals surface area contributed by atoms with Crippen LogP contribution in [0.25, 0.3) is 0 Å². The van der Waals surface area contributed by atoms with E-state index in [0.29, 0.717) is 11.3 Å².